The fraction of sp³-hybridized carbons (Fsp3) is 0.667. The van der Waals surface area contributed by atoms with Crippen LogP contribution in [0.3, 0.4) is 0 Å². The Kier molecular flexibility index (Phi) is 3.27. The second kappa shape index (κ2) is 4.52. The highest BCUT2D eigenvalue weighted by Crippen LogP contribution is 2.08. The third-order valence-corrected chi connectivity index (χ3v) is 4.04. The van der Waals surface area contributed by atoms with E-state index in [1.807, 2.05) is 6.92 Å². The summed E-state index contributed by atoms with van der Waals surface area (Å²) in [6, 6.07) is -0.0154. The fourth-order valence-corrected chi connectivity index (χ4v) is 2.91. The molecule has 0 radical (unpaired) electrons. The zero-order valence-corrected chi connectivity index (χ0v) is 9.97. The van der Waals surface area contributed by atoms with Gasteiger partial charge in [0.2, 0.25) is 0 Å². The molecule has 0 bridgehead atoms. The van der Waals surface area contributed by atoms with E-state index in [9.17, 15) is 8.42 Å². The lowest BCUT2D eigenvalue weighted by Gasteiger charge is -2.10. The highest BCUT2D eigenvalue weighted by molar-refractivity contribution is 7.89. The molecule has 1 aliphatic heterocycles. The van der Waals surface area contributed by atoms with E-state index in [0.29, 0.717) is 18.8 Å². The number of nitrogens with one attached hydrogen (secondary N) is 3. The van der Waals surface area contributed by atoms with Crippen molar-refractivity contribution in [3.8, 4) is 0 Å². The first kappa shape index (κ1) is 11.6. The van der Waals surface area contributed by atoms with Crippen LogP contribution >= 0.6 is 0 Å². The van der Waals surface area contributed by atoms with Crippen LogP contribution in [0, 0.1) is 0 Å². The SMILES string of the molecule is CCc1ncc(S(=O)(=O)NC2CCNC2)[nH]1. The van der Waals surface area contributed by atoms with Crippen LogP contribution in [-0.4, -0.2) is 37.5 Å². The summed E-state index contributed by atoms with van der Waals surface area (Å²) in [6.45, 7) is 3.47. The minimum atomic E-state index is -3.44. The second-order valence-electron chi connectivity index (χ2n) is 3.86. The summed E-state index contributed by atoms with van der Waals surface area (Å²) in [5.74, 6) is 0.685. The van der Waals surface area contributed by atoms with E-state index in [1.54, 1.807) is 0 Å². The Balaban J connectivity index is 2.11. The Labute approximate surface area is 94.9 Å². The van der Waals surface area contributed by atoms with Gasteiger partial charge in [-0.25, -0.2) is 18.1 Å². The van der Waals surface area contributed by atoms with E-state index in [1.165, 1.54) is 6.20 Å². The molecule has 16 heavy (non-hydrogen) atoms. The molecule has 1 fully saturated rings. The van der Waals surface area contributed by atoms with Gasteiger partial charge in [0.1, 0.15) is 5.82 Å². The number of hydrogen-bond acceptors (Lipinski definition) is 4. The van der Waals surface area contributed by atoms with E-state index in [2.05, 4.69) is 20.0 Å². The molecule has 1 atom stereocenters. The maximum atomic E-state index is 11.9. The monoisotopic (exact) mass is 244 g/mol. The van der Waals surface area contributed by atoms with Crippen LogP contribution in [0.2, 0.25) is 0 Å². The number of sulfonamides is 1. The maximum absolute atomic E-state index is 11.9. The van der Waals surface area contributed by atoms with Crippen LogP contribution in [0.5, 0.6) is 0 Å². The lowest BCUT2D eigenvalue weighted by molar-refractivity contribution is 0.557. The molecule has 3 N–H and O–H groups in total. The molecule has 1 unspecified atom stereocenters. The second-order valence-corrected chi connectivity index (χ2v) is 5.54. The Bertz CT molecular complexity index is 448. The average Bonchev–Trinajstić information content (AvgIpc) is 2.85. The van der Waals surface area contributed by atoms with Crippen molar-refractivity contribution in [2.45, 2.75) is 30.8 Å². The smallest absolute Gasteiger partial charge is 0.257 e. The lowest BCUT2D eigenvalue weighted by Crippen LogP contribution is -2.36. The molecule has 1 saturated heterocycles. The van der Waals surface area contributed by atoms with Crippen LogP contribution in [-0.2, 0) is 16.4 Å². The van der Waals surface area contributed by atoms with Crippen molar-refractivity contribution in [3.05, 3.63) is 12.0 Å². The molecule has 2 heterocycles. The summed E-state index contributed by atoms with van der Waals surface area (Å²) in [5, 5.41) is 3.26. The van der Waals surface area contributed by atoms with Gasteiger partial charge in [-0.15, -0.1) is 0 Å². The Morgan fingerprint density at radius 2 is 2.44 bits per heavy atom. The third kappa shape index (κ3) is 2.42. The van der Waals surface area contributed by atoms with Gasteiger partial charge in [0, 0.05) is 19.0 Å². The molecular weight excluding hydrogens is 228 g/mol. The quantitative estimate of drug-likeness (QED) is 0.673. The number of aromatic nitrogens is 2. The van der Waals surface area contributed by atoms with Gasteiger partial charge >= 0.3 is 0 Å². The molecule has 1 aromatic heterocycles. The Hall–Kier alpha value is -0.920. The topological polar surface area (TPSA) is 86.9 Å². The minimum absolute atomic E-state index is 0.0154. The number of aryl methyl sites for hydroxylation is 1. The van der Waals surface area contributed by atoms with Crippen LogP contribution in [0.4, 0.5) is 0 Å². The van der Waals surface area contributed by atoms with Crippen molar-refractivity contribution in [1.29, 1.82) is 0 Å². The number of imidazole rings is 1. The molecule has 1 aliphatic rings. The van der Waals surface area contributed by atoms with Crippen molar-refractivity contribution in [2.75, 3.05) is 13.1 Å². The Morgan fingerprint density at radius 1 is 1.62 bits per heavy atom. The van der Waals surface area contributed by atoms with E-state index in [-0.39, 0.29) is 11.1 Å². The predicted molar refractivity (Wildman–Crippen MR) is 59.6 cm³/mol. The van der Waals surface area contributed by atoms with Gasteiger partial charge in [0.05, 0.1) is 6.20 Å². The summed E-state index contributed by atoms with van der Waals surface area (Å²) in [6.07, 6.45) is 2.89. The normalized spacial score (nSPS) is 21.4. The summed E-state index contributed by atoms with van der Waals surface area (Å²) >= 11 is 0. The molecule has 7 heteroatoms. The summed E-state index contributed by atoms with van der Waals surface area (Å²) in [7, 11) is -3.44. The van der Waals surface area contributed by atoms with E-state index in [4.69, 9.17) is 0 Å². The third-order valence-electron chi connectivity index (χ3n) is 2.61. The number of aromatic amines is 1. The first-order valence-corrected chi connectivity index (χ1v) is 6.87. The molecule has 0 aliphatic carbocycles. The first-order chi connectivity index (χ1) is 7.62. The van der Waals surface area contributed by atoms with E-state index >= 15 is 0 Å². The van der Waals surface area contributed by atoms with Crippen LogP contribution < -0.4 is 10.0 Å². The number of H-pyrrole nitrogens is 1. The molecule has 0 spiro atoms. The molecule has 0 amide bonds. The molecule has 90 valence electrons. The molecular formula is C9H16N4O2S. The van der Waals surface area contributed by atoms with Gasteiger partial charge in [-0.3, -0.25) is 0 Å². The average molecular weight is 244 g/mol. The van der Waals surface area contributed by atoms with Gasteiger partial charge in [0.25, 0.3) is 10.0 Å². The largest absolute Gasteiger partial charge is 0.332 e. The lowest BCUT2D eigenvalue weighted by atomic mass is 10.3. The van der Waals surface area contributed by atoms with Crippen LogP contribution in [0.15, 0.2) is 11.2 Å². The van der Waals surface area contributed by atoms with Gasteiger partial charge in [-0.1, -0.05) is 6.92 Å². The van der Waals surface area contributed by atoms with Crippen molar-refractivity contribution >= 4 is 10.0 Å². The highest BCUT2D eigenvalue weighted by Gasteiger charge is 2.23. The highest BCUT2D eigenvalue weighted by atomic mass is 32.2. The summed E-state index contributed by atoms with van der Waals surface area (Å²) in [5.41, 5.74) is 0. The number of nitrogens with zero attached hydrogens (tertiary/aromatic N) is 1. The van der Waals surface area contributed by atoms with Gasteiger partial charge < -0.3 is 10.3 Å². The molecule has 0 aromatic carbocycles. The van der Waals surface area contributed by atoms with E-state index in [0.717, 1.165) is 13.0 Å². The van der Waals surface area contributed by atoms with Crippen LogP contribution in [0.1, 0.15) is 19.2 Å². The Morgan fingerprint density at radius 3 is 3.00 bits per heavy atom. The zero-order chi connectivity index (χ0) is 11.6. The molecule has 1 aromatic rings. The molecule has 6 nitrogen and oxygen atoms in total. The van der Waals surface area contributed by atoms with Crippen molar-refractivity contribution < 1.29 is 8.42 Å². The first-order valence-electron chi connectivity index (χ1n) is 5.39. The zero-order valence-electron chi connectivity index (χ0n) is 9.16. The summed E-state index contributed by atoms with van der Waals surface area (Å²) in [4.78, 5) is 6.78. The van der Waals surface area contributed by atoms with Crippen molar-refractivity contribution in [2.24, 2.45) is 0 Å². The molecule has 2 rings (SSSR count). The van der Waals surface area contributed by atoms with E-state index < -0.39 is 10.0 Å². The van der Waals surface area contributed by atoms with Crippen molar-refractivity contribution in [3.63, 3.8) is 0 Å². The number of rotatable bonds is 4. The number of hydrogen-bond donors (Lipinski definition) is 3. The van der Waals surface area contributed by atoms with Crippen LogP contribution in [0.25, 0.3) is 0 Å². The van der Waals surface area contributed by atoms with Gasteiger partial charge in [-0.2, -0.15) is 0 Å². The van der Waals surface area contributed by atoms with Gasteiger partial charge in [-0.05, 0) is 13.0 Å². The molecule has 0 saturated carbocycles. The minimum Gasteiger partial charge on any atom is -0.332 e. The summed E-state index contributed by atoms with van der Waals surface area (Å²) < 4.78 is 26.5. The van der Waals surface area contributed by atoms with Gasteiger partial charge in [0.15, 0.2) is 5.03 Å². The maximum Gasteiger partial charge on any atom is 0.257 e. The standard InChI is InChI=1S/C9H16N4O2S/c1-2-8-11-6-9(12-8)16(14,15)13-7-3-4-10-5-7/h6-7,10,13H,2-5H2,1H3,(H,11,12). The fourth-order valence-electron chi connectivity index (χ4n) is 1.70. The predicted octanol–water partition coefficient (Wildman–Crippen LogP) is -0.388. The van der Waals surface area contributed by atoms with Crippen molar-refractivity contribution in [1.82, 2.24) is 20.0 Å².